The summed E-state index contributed by atoms with van der Waals surface area (Å²) in [7, 11) is 0. The zero-order valence-corrected chi connectivity index (χ0v) is 9.22. The molecule has 0 fully saturated rings. The highest BCUT2D eigenvalue weighted by molar-refractivity contribution is 6.82. The van der Waals surface area contributed by atoms with E-state index in [9.17, 15) is 9.59 Å². The van der Waals surface area contributed by atoms with Gasteiger partial charge in [0.2, 0.25) is 11.6 Å². The Bertz CT molecular complexity index is 186. The molecule has 0 aromatic carbocycles. The van der Waals surface area contributed by atoms with E-state index >= 15 is 0 Å². The first-order chi connectivity index (χ1) is 5.07. The first-order valence-corrected chi connectivity index (χ1v) is 4.36. The van der Waals surface area contributed by atoms with E-state index in [0.29, 0.717) is 0 Å². The Labute approximate surface area is 86.2 Å². The fraction of sp³-hybridized carbons (Fsp3) is 0.714. The normalized spacial score (nSPS) is 12.8. The number of hydrogen-bond donors (Lipinski definition) is 0. The van der Waals surface area contributed by atoms with Crippen LogP contribution in [0.25, 0.3) is 0 Å². The summed E-state index contributed by atoms with van der Waals surface area (Å²) in [6.07, 6.45) is 0. The molecule has 2 nitrogen and oxygen atoms in total. The van der Waals surface area contributed by atoms with Gasteiger partial charge in [0.15, 0.2) is 0 Å². The molecule has 0 heterocycles. The maximum absolute atomic E-state index is 11.2. The number of ketones is 2. The van der Waals surface area contributed by atoms with E-state index < -0.39 is 20.8 Å². The molecule has 0 rings (SSSR count). The molecule has 0 N–H and O–H groups in total. The molecule has 12 heavy (non-hydrogen) atoms. The van der Waals surface area contributed by atoms with E-state index in [2.05, 4.69) is 0 Å². The van der Waals surface area contributed by atoms with Crippen molar-refractivity contribution < 1.29 is 9.59 Å². The van der Waals surface area contributed by atoms with Crippen LogP contribution in [0.1, 0.15) is 20.8 Å². The van der Waals surface area contributed by atoms with Crippen molar-refractivity contribution in [2.75, 3.05) is 0 Å². The van der Waals surface area contributed by atoms with Crippen molar-refractivity contribution in [1.82, 2.24) is 0 Å². The van der Waals surface area contributed by atoms with E-state index in [1.807, 2.05) is 0 Å². The highest BCUT2D eigenvalue weighted by atomic mass is 35.6. The smallest absolute Gasteiger partial charge is 0.256 e. The Balaban J connectivity index is 4.66. The molecule has 0 saturated heterocycles. The van der Waals surface area contributed by atoms with Crippen LogP contribution in [0.2, 0.25) is 0 Å². The molecule has 0 aliphatic heterocycles. The molecular formula is C7H9Cl3O2. The fourth-order valence-corrected chi connectivity index (χ4v) is 0.727. The summed E-state index contributed by atoms with van der Waals surface area (Å²) in [6, 6.07) is 0. The van der Waals surface area contributed by atoms with Gasteiger partial charge in [0.1, 0.15) is 0 Å². The van der Waals surface area contributed by atoms with Crippen molar-refractivity contribution in [3.05, 3.63) is 0 Å². The molecule has 0 spiro atoms. The van der Waals surface area contributed by atoms with Crippen molar-refractivity contribution in [3.8, 4) is 0 Å². The predicted molar refractivity (Wildman–Crippen MR) is 49.8 cm³/mol. The molecule has 0 atom stereocenters. The third-order valence-electron chi connectivity index (χ3n) is 1.14. The molecule has 0 amide bonds. The average Bonchev–Trinajstić information content (AvgIpc) is 1.80. The van der Waals surface area contributed by atoms with Crippen LogP contribution < -0.4 is 0 Å². The first kappa shape index (κ1) is 12.2. The summed E-state index contributed by atoms with van der Waals surface area (Å²) in [6.45, 7) is 4.76. The number of alkyl halides is 3. The second-order valence-electron chi connectivity index (χ2n) is 3.41. The molecule has 0 aliphatic rings. The van der Waals surface area contributed by atoms with Gasteiger partial charge in [-0.1, -0.05) is 55.6 Å². The van der Waals surface area contributed by atoms with Gasteiger partial charge in [-0.2, -0.15) is 0 Å². The largest absolute Gasteiger partial charge is 0.290 e. The lowest BCUT2D eigenvalue weighted by molar-refractivity contribution is -0.140. The minimum absolute atomic E-state index is 0.678. The van der Waals surface area contributed by atoms with Crippen LogP contribution in [0.15, 0.2) is 0 Å². The van der Waals surface area contributed by atoms with E-state index in [0.717, 1.165) is 0 Å². The second-order valence-corrected chi connectivity index (χ2v) is 5.69. The monoisotopic (exact) mass is 230 g/mol. The Morgan fingerprint density at radius 3 is 1.33 bits per heavy atom. The van der Waals surface area contributed by atoms with E-state index in [4.69, 9.17) is 34.8 Å². The summed E-state index contributed by atoms with van der Waals surface area (Å²) in [5, 5.41) is 0. The standard InChI is InChI=1S/C7H9Cl3O2/c1-6(2,3)4(11)5(12)7(8,9)10/h1-3H3. The van der Waals surface area contributed by atoms with Gasteiger partial charge >= 0.3 is 0 Å². The SMILES string of the molecule is CC(C)(C)C(=O)C(=O)C(Cl)(Cl)Cl. The molecular weight excluding hydrogens is 222 g/mol. The Kier molecular flexibility index (Phi) is 3.59. The van der Waals surface area contributed by atoms with Crippen LogP contribution in [-0.4, -0.2) is 15.4 Å². The van der Waals surface area contributed by atoms with Crippen LogP contribution >= 0.6 is 34.8 Å². The third-order valence-corrected chi connectivity index (χ3v) is 1.66. The lowest BCUT2D eigenvalue weighted by Crippen LogP contribution is -2.36. The minimum atomic E-state index is -2.13. The lowest BCUT2D eigenvalue weighted by atomic mass is 9.89. The van der Waals surface area contributed by atoms with Gasteiger partial charge in [-0.05, 0) is 0 Å². The van der Waals surface area contributed by atoms with Gasteiger partial charge < -0.3 is 0 Å². The topological polar surface area (TPSA) is 34.1 Å². The van der Waals surface area contributed by atoms with E-state index in [1.54, 1.807) is 20.8 Å². The predicted octanol–water partition coefficient (Wildman–Crippen LogP) is 2.54. The molecule has 0 unspecified atom stereocenters. The van der Waals surface area contributed by atoms with Gasteiger partial charge in [-0.25, -0.2) is 0 Å². The lowest BCUT2D eigenvalue weighted by Gasteiger charge is -2.18. The number of hydrogen-bond acceptors (Lipinski definition) is 2. The van der Waals surface area contributed by atoms with Crippen molar-refractivity contribution in [2.24, 2.45) is 5.41 Å². The summed E-state index contributed by atoms with van der Waals surface area (Å²) in [5.74, 6) is -1.66. The maximum Gasteiger partial charge on any atom is 0.256 e. The number of rotatable bonds is 1. The van der Waals surface area contributed by atoms with Gasteiger partial charge in [0, 0.05) is 5.41 Å². The van der Waals surface area contributed by atoms with Crippen molar-refractivity contribution >= 4 is 46.4 Å². The highest BCUT2D eigenvalue weighted by Crippen LogP contribution is 2.30. The number of carbonyl (C=O) groups is 2. The van der Waals surface area contributed by atoms with Crippen molar-refractivity contribution in [2.45, 2.75) is 24.6 Å². The molecule has 0 radical (unpaired) electrons. The molecule has 0 aromatic heterocycles. The van der Waals surface area contributed by atoms with Crippen molar-refractivity contribution in [1.29, 1.82) is 0 Å². The summed E-state index contributed by atoms with van der Waals surface area (Å²) in [4.78, 5) is 22.3. The van der Waals surface area contributed by atoms with Crippen LogP contribution in [0.4, 0.5) is 0 Å². The molecule has 0 bridgehead atoms. The van der Waals surface area contributed by atoms with E-state index in [1.165, 1.54) is 0 Å². The molecule has 0 aromatic rings. The first-order valence-electron chi connectivity index (χ1n) is 3.23. The summed E-state index contributed by atoms with van der Waals surface area (Å²) < 4.78 is -2.13. The Morgan fingerprint density at radius 1 is 0.917 bits per heavy atom. The number of halogens is 3. The second kappa shape index (κ2) is 3.52. The fourth-order valence-electron chi connectivity index (χ4n) is 0.469. The number of Topliss-reactive ketones (excluding diaryl/α,β-unsaturated/α-hetero) is 2. The molecule has 70 valence electrons. The van der Waals surface area contributed by atoms with Crippen molar-refractivity contribution in [3.63, 3.8) is 0 Å². The van der Waals surface area contributed by atoms with Gasteiger partial charge in [0.25, 0.3) is 3.79 Å². The van der Waals surface area contributed by atoms with Crippen LogP contribution in [-0.2, 0) is 9.59 Å². The van der Waals surface area contributed by atoms with E-state index in [-0.39, 0.29) is 0 Å². The zero-order chi connectivity index (χ0) is 10.2. The Hall–Kier alpha value is 0.210. The zero-order valence-electron chi connectivity index (χ0n) is 6.95. The molecule has 0 saturated carbocycles. The highest BCUT2D eigenvalue weighted by Gasteiger charge is 2.40. The summed E-state index contributed by atoms with van der Waals surface area (Å²) >= 11 is 15.7. The molecule has 0 aliphatic carbocycles. The Morgan fingerprint density at radius 2 is 1.25 bits per heavy atom. The minimum Gasteiger partial charge on any atom is -0.290 e. The van der Waals surface area contributed by atoms with Gasteiger partial charge in [-0.15, -0.1) is 0 Å². The van der Waals surface area contributed by atoms with Gasteiger partial charge in [0.05, 0.1) is 0 Å². The van der Waals surface area contributed by atoms with Crippen LogP contribution in [0.5, 0.6) is 0 Å². The summed E-state index contributed by atoms with van der Waals surface area (Å²) in [5.41, 5.74) is -0.805. The third kappa shape index (κ3) is 3.30. The van der Waals surface area contributed by atoms with Crippen LogP contribution in [0.3, 0.4) is 0 Å². The van der Waals surface area contributed by atoms with Crippen LogP contribution in [0, 0.1) is 5.41 Å². The van der Waals surface area contributed by atoms with Gasteiger partial charge in [-0.3, -0.25) is 9.59 Å². The maximum atomic E-state index is 11.2. The number of carbonyl (C=O) groups excluding carboxylic acids is 2. The molecule has 5 heteroatoms. The average molecular weight is 232 g/mol. The quantitative estimate of drug-likeness (QED) is 0.513.